The first-order valence-electron chi connectivity index (χ1n) is 6.78. The summed E-state index contributed by atoms with van der Waals surface area (Å²) in [5, 5.41) is 11.6. The molecule has 0 saturated carbocycles. The van der Waals surface area contributed by atoms with Crippen molar-refractivity contribution in [2.75, 3.05) is 20.1 Å². The third-order valence-corrected chi connectivity index (χ3v) is 3.62. The Balaban J connectivity index is 2.81. The zero-order valence-corrected chi connectivity index (χ0v) is 12.5. The van der Waals surface area contributed by atoms with Gasteiger partial charge in [-0.3, -0.25) is 4.79 Å². The summed E-state index contributed by atoms with van der Waals surface area (Å²) in [5.74, 6) is -1.21. The summed E-state index contributed by atoms with van der Waals surface area (Å²) in [5.41, 5.74) is -0.966. The molecule has 1 atom stereocenters. The van der Waals surface area contributed by atoms with Crippen LogP contribution in [-0.4, -0.2) is 64.5 Å². The standard InChI is InChI=1S/C13H23N3O4/c1-5-6-9(10(17)18)14-12(20)16-8-7-15(4)11(19)13(16,2)3/h9H,5-8H2,1-4H3,(H,14,20)(H,17,18)/t9-/m0/s1. The highest BCUT2D eigenvalue weighted by molar-refractivity contribution is 5.92. The van der Waals surface area contributed by atoms with Gasteiger partial charge in [-0.1, -0.05) is 13.3 Å². The number of likely N-dealkylation sites (N-methyl/N-ethyl adjacent to an activating group) is 1. The summed E-state index contributed by atoms with van der Waals surface area (Å²) in [7, 11) is 1.69. The molecule has 1 aliphatic heterocycles. The largest absolute Gasteiger partial charge is 0.480 e. The Hall–Kier alpha value is -1.79. The zero-order valence-electron chi connectivity index (χ0n) is 12.5. The van der Waals surface area contributed by atoms with Gasteiger partial charge in [0.1, 0.15) is 11.6 Å². The lowest BCUT2D eigenvalue weighted by molar-refractivity contribution is -0.144. The predicted octanol–water partition coefficient (Wildman–Crippen LogP) is 0.502. The number of nitrogens with zero attached hydrogens (tertiary/aromatic N) is 2. The molecule has 0 aromatic rings. The number of carbonyl (C=O) groups excluding carboxylic acids is 2. The lowest BCUT2D eigenvalue weighted by Gasteiger charge is -2.44. The van der Waals surface area contributed by atoms with Gasteiger partial charge in [-0.25, -0.2) is 9.59 Å². The summed E-state index contributed by atoms with van der Waals surface area (Å²) in [6.45, 7) is 6.02. The number of rotatable bonds is 4. The van der Waals surface area contributed by atoms with Crippen LogP contribution in [0.15, 0.2) is 0 Å². The van der Waals surface area contributed by atoms with Crippen LogP contribution in [0, 0.1) is 0 Å². The maximum atomic E-state index is 12.2. The third kappa shape index (κ3) is 3.20. The van der Waals surface area contributed by atoms with Crippen LogP contribution in [0.2, 0.25) is 0 Å². The Morgan fingerprint density at radius 2 is 2.00 bits per heavy atom. The molecule has 0 spiro atoms. The monoisotopic (exact) mass is 285 g/mol. The van der Waals surface area contributed by atoms with Crippen LogP contribution in [0.1, 0.15) is 33.6 Å². The second kappa shape index (κ2) is 6.11. The van der Waals surface area contributed by atoms with E-state index in [0.29, 0.717) is 25.9 Å². The van der Waals surface area contributed by atoms with Crippen LogP contribution in [0.4, 0.5) is 4.79 Å². The molecule has 7 heteroatoms. The van der Waals surface area contributed by atoms with Crippen molar-refractivity contribution in [1.29, 1.82) is 0 Å². The molecule has 20 heavy (non-hydrogen) atoms. The number of hydrogen-bond acceptors (Lipinski definition) is 3. The number of aliphatic carboxylic acids is 1. The molecule has 1 heterocycles. The molecular weight excluding hydrogens is 262 g/mol. The molecule has 1 saturated heterocycles. The molecule has 7 nitrogen and oxygen atoms in total. The second-order valence-electron chi connectivity index (χ2n) is 5.57. The molecular formula is C13H23N3O4. The van der Waals surface area contributed by atoms with Gasteiger partial charge in [0.2, 0.25) is 5.91 Å². The maximum absolute atomic E-state index is 12.2. The van der Waals surface area contributed by atoms with E-state index in [1.54, 1.807) is 25.8 Å². The van der Waals surface area contributed by atoms with Crippen LogP contribution in [0.5, 0.6) is 0 Å². The van der Waals surface area contributed by atoms with Crippen LogP contribution in [-0.2, 0) is 9.59 Å². The highest BCUT2D eigenvalue weighted by Gasteiger charge is 2.43. The van der Waals surface area contributed by atoms with E-state index in [-0.39, 0.29) is 5.91 Å². The minimum atomic E-state index is -1.06. The van der Waals surface area contributed by atoms with Gasteiger partial charge in [-0.15, -0.1) is 0 Å². The Kier molecular flexibility index (Phi) is 4.97. The Morgan fingerprint density at radius 1 is 1.40 bits per heavy atom. The number of nitrogens with one attached hydrogen (secondary N) is 1. The van der Waals surface area contributed by atoms with E-state index in [1.165, 1.54) is 4.90 Å². The van der Waals surface area contributed by atoms with Crippen molar-refractivity contribution < 1.29 is 19.5 Å². The fourth-order valence-electron chi connectivity index (χ4n) is 2.34. The van der Waals surface area contributed by atoms with Crippen molar-refractivity contribution in [3.8, 4) is 0 Å². The van der Waals surface area contributed by atoms with Gasteiger partial charge >= 0.3 is 12.0 Å². The van der Waals surface area contributed by atoms with Gasteiger partial charge in [-0.2, -0.15) is 0 Å². The summed E-state index contributed by atoms with van der Waals surface area (Å²) in [4.78, 5) is 38.4. The van der Waals surface area contributed by atoms with Gasteiger partial charge in [0.25, 0.3) is 0 Å². The molecule has 0 aromatic heterocycles. The number of urea groups is 1. The Labute approximate surface area is 118 Å². The third-order valence-electron chi connectivity index (χ3n) is 3.62. The van der Waals surface area contributed by atoms with Crippen LogP contribution < -0.4 is 5.32 Å². The lowest BCUT2D eigenvalue weighted by atomic mass is 9.98. The van der Waals surface area contributed by atoms with Crippen molar-refractivity contribution in [3.63, 3.8) is 0 Å². The van der Waals surface area contributed by atoms with Crippen LogP contribution in [0.25, 0.3) is 0 Å². The lowest BCUT2D eigenvalue weighted by Crippen LogP contribution is -2.66. The first-order chi connectivity index (χ1) is 9.21. The van der Waals surface area contributed by atoms with Gasteiger partial charge in [-0.05, 0) is 20.3 Å². The molecule has 3 amide bonds. The quantitative estimate of drug-likeness (QED) is 0.787. The molecule has 1 aliphatic rings. The summed E-state index contributed by atoms with van der Waals surface area (Å²) < 4.78 is 0. The predicted molar refractivity (Wildman–Crippen MR) is 73.3 cm³/mol. The van der Waals surface area contributed by atoms with E-state index in [9.17, 15) is 14.4 Å². The average molecular weight is 285 g/mol. The highest BCUT2D eigenvalue weighted by Crippen LogP contribution is 2.21. The van der Waals surface area contributed by atoms with E-state index < -0.39 is 23.6 Å². The first kappa shape index (κ1) is 16.3. The van der Waals surface area contributed by atoms with Crippen molar-refractivity contribution in [2.45, 2.75) is 45.2 Å². The van der Waals surface area contributed by atoms with E-state index in [4.69, 9.17) is 5.11 Å². The number of carboxylic acid groups (broad SMARTS) is 1. The Morgan fingerprint density at radius 3 is 2.50 bits per heavy atom. The van der Waals surface area contributed by atoms with Crippen molar-refractivity contribution in [3.05, 3.63) is 0 Å². The molecule has 1 fully saturated rings. The van der Waals surface area contributed by atoms with Gasteiger partial charge in [0, 0.05) is 20.1 Å². The normalized spacial score (nSPS) is 19.7. The number of piperazine rings is 1. The number of carboxylic acids is 1. The number of carbonyl (C=O) groups is 3. The summed E-state index contributed by atoms with van der Waals surface area (Å²) in [6.07, 6.45) is 1.02. The van der Waals surface area contributed by atoms with E-state index in [2.05, 4.69) is 5.32 Å². The minimum Gasteiger partial charge on any atom is -0.480 e. The average Bonchev–Trinajstić information content (AvgIpc) is 2.35. The molecule has 1 rings (SSSR count). The molecule has 114 valence electrons. The highest BCUT2D eigenvalue weighted by atomic mass is 16.4. The topological polar surface area (TPSA) is 90.0 Å². The van der Waals surface area contributed by atoms with E-state index in [1.807, 2.05) is 6.92 Å². The van der Waals surface area contributed by atoms with Gasteiger partial charge in [0.05, 0.1) is 0 Å². The first-order valence-corrected chi connectivity index (χ1v) is 6.78. The summed E-state index contributed by atoms with van der Waals surface area (Å²) >= 11 is 0. The van der Waals surface area contributed by atoms with E-state index in [0.717, 1.165) is 0 Å². The van der Waals surface area contributed by atoms with Crippen molar-refractivity contribution in [1.82, 2.24) is 15.1 Å². The van der Waals surface area contributed by atoms with Gasteiger partial charge in [0.15, 0.2) is 0 Å². The molecule has 0 radical (unpaired) electrons. The smallest absolute Gasteiger partial charge is 0.326 e. The SMILES string of the molecule is CCC[C@H](NC(=O)N1CCN(C)C(=O)C1(C)C)C(=O)O. The Bertz CT molecular complexity index is 408. The van der Waals surface area contributed by atoms with Crippen molar-refractivity contribution >= 4 is 17.9 Å². The zero-order chi connectivity index (χ0) is 15.5. The van der Waals surface area contributed by atoms with E-state index >= 15 is 0 Å². The molecule has 0 aromatic carbocycles. The fraction of sp³-hybridized carbons (Fsp3) is 0.769. The van der Waals surface area contributed by atoms with Crippen LogP contribution >= 0.6 is 0 Å². The number of hydrogen-bond donors (Lipinski definition) is 2. The molecule has 0 bridgehead atoms. The minimum absolute atomic E-state index is 0.152. The second-order valence-corrected chi connectivity index (χ2v) is 5.57. The van der Waals surface area contributed by atoms with Gasteiger partial charge < -0.3 is 20.2 Å². The summed E-state index contributed by atoms with van der Waals surface area (Å²) in [6, 6.07) is -1.42. The fourth-order valence-corrected chi connectivity index (χ4v) is 2.34. The molecule has 0 unspecified atom stereocenters. The molecule has 0 aliphatic carbocycles. The molecule has 2 N–H and O–H groups in total. The van der Waals surface area contributed by atoms with Crippen LogP contribution in [0.3, 0.4) is 0 Å². The maximum Gasteiger partial charge on any atom is 0.326 e. The number of amides is 3. The van der Waals surface area contributed by atoms with Crippen molar-refractivity contribution in [2.24, 2.45) is 0 Å².